The lowest BCUT2D eigenvalue weighted by Crippen LogP contribution is -2.58. The van der Waals surface area contributed by atoms with E-state index in [1.165, 1.54) is 14.0 Å². The molecule has 0 N–H and O–H groups in total. The summed E-state index contributed by atoms with van der Waals surface area (Å²) in [6, 6.07) is 9.63. The summed E-state index contributed by atoms with van der Waals surface area (Å²) in [4.78, 5) is 26.5. The summed E-state index contributed by atoms with van der Waals surface area (Å²) in [5, 5.41) is 0. The van der Waals surface area contributed by atoms with Crippen LogP contribution in [0.15, 0.2) is 30.3 Å². The second kappa shape index (κ2) is 12.2. The largest absolute Gasteiger partial charge is 0.458 e. The first-order valence-electron chi connectivity index (χ1n) is 11.1. The van der Waals surface area contributed by atoms with Gasteiger partial charge in [0, 0.05) is 32.5 Å². The maximum atomic E-state index is 13.1. The highest BCUT2D eigenvalue weighted by atomic mass is 16.7. The van der Waals surface area contributed by atoms with Crippen molar-refractivity contribution in [2.75, 3.05) is 7.11 Å². The molecular formula is C24H37NO7. The predicted octanol–water partition coefficient (Wildman–Crippen LogP) is 3.91. The summed E-state index contributed by atoms with van der Waals surface area (Å²) < 4.78 is 29.0. The highest BCUT2D eigenvalue weighted by Crippen LogP contribution is 2.30. The van der Waals surface area contributed by atoms with Crippen molar-refractivity contribution in [2.45, 2.75) is 97.4 Å². The zero-order valence-corrected chi connectivity index (χ0v) is 20.1. The molecule has 0 unspecified atom stereocenters. The number of benzene rings is 1. The fraction of sp³-hybridized carbons (Fsp3) is 0.667. The molecule has 1 amide bonds. The van der Waals surface area contributed by atoms with E-state index in [-0.39, 0.29) is 18.5 Å². The van der Waals surface area contributed by atoms with Crippen LogP contribution in [0, 0.1) is 0 Å². The first-order chi connectivity index (χ1) is 15.1. The van der Waals surface area contributed by atoms with E-state index in [1.54, 1.807) is 4.90 Å². The van der Waals surface area contributed by atoms with Crippen molar-refractivity contribution in [1.29, 1.82) is 0 Å². The third-order valence-corrected chi connectivity index (χ3v) is 5.38. The molecule has 1 fully saturated rings. The standard InChI is InChI=1S/C24H37NO7/c1-15(2)25(16(3)4)24(27)32-23-20(30-18(6)26)13-21(28-7)31-22(23)17(5)29-14-19-11-9-8-10-12-19/h8-12,15-17,20-23H,13-14H2,1-7H3/t17-,20-,21-,22+,23-/m0/s1. The third kappa shape index (κ3) is 7.18. The average molecular weight is 452 g/mol. The number of ether oxygens (including phenoxy) is 5. The van der Waals surface area contributed by atoms with E-state index in [0.717, 1.165) is 5.56 Å². The first-order valence-corrected chi connectivity index (χ1v) is 11.1. The van der Waals surface area contributed by atoms with Crippen molar-refractivity contribution < 1.29 is 33.3 Å². The zero-order chi connectivity index (χ0) is 23.8. The molecule has 0 aromatic heterocycles. The van der Waals surface area contributed by atoms with E-state index in [2.05, 4.69) is 0 Å². The molecule has 1 aromatic rings. The Morgan fingerprint density at radius 3 is 2.22 bits per heavy atom. The van der Waals surface area contributed by atoms with Crippen LogP contribution >= 0.6 is 0 Å². The van der Waals surface area contributed by atoms with Gasteiger partial charge >= 0.3 is 12.1 Å². The monoisotopic (exact) mass is 451 g/mol. The molecule has 0 saturated carbocycles. The molecule has 2 rings (SSSR count). The van der Waals surface area contributed by atoms with Crippen molar-refractivity contribution in [1.82, 2.24) is 4.90 Å². The Bertz CT molecular complexity index is 716. The number of carbonyl (C=O) groups excluding carboxylic acids is 2. The zero-order valence-electron chi connectivity index (χ0n) is 20.1. The number of esters is 1. The molecule has 0 bridgehead atoms. The lowest BCUT2D eigenvalue weighted by molar-refractivity contribution is -0.269. The number of carbonyl (C=O) groups is 2. The molecule has 5 atom stereocenters. The third-order valence-electron chi connectivity index (χ3n) is 5.38. The van der Waals surface area contributed by atoms with Crippen LogP contribution in [0.3, 0.4) is 0 Å². The number of rotatable bonds is 9. The second-order valence-corrected chi connectivity index (χ2v) is 8.59. The van der Waals surface area contributed by atoms with Gasteiger partial charge in [-0.15, -0.1) is 0 Å². The Labute approximate surface area is 191 Å². The van der Waals surface area contributed by atoms with Gasteiger partial charge in [-0.1, -0.05) is 30.3 Å². The Kier molecular flexibility index (Phi) is 9.93. The van der Waals surface area contributed by atoms with Gasteiger partial charge < -0.3 is 28.6 Å². The summed E-state index contributed by atoms with van der Waals surface area (Å²) in [5.74, 6) is -0.464. The van der Waals surface area contributed by atoms with Gasteiger partial charge in [-0.2, -0.15) is 0 Å². The van der Waals surface area contributed by atoms with Crippen LogP contribution in [0.2, 0.25) is 0 Å². The molecule has 1 aromatic carbocycles. The average Bonchev–Trinajstić information content (AvgIpc) is 2.72. The molecule has 1 aliphatic heterocycles. The van der Waals surface area contributed by atoms with Gasteiger partial charge in [0.25, 0.3) is 0 Å². The van der Waals surface area contributed by atoms with Gasteiger partial charge in [0.15, 0.2) is 12.4 Å². The summed E-state index contributed by atoms with van der Waals surface area (Å²) in [6.07, 6.45) is -3.57. The molecule has 1 aliphatic rings. The van der Waals surface area contributed by atoms with Crippen LogP contribution < -0.4 is 0 Å². The Morgan fingerprint density at radius 1 is 1.06 bits per heavy atom. The minimum Gasteiger partial charge on any atom is -0.458 e. The van der Waals surface area contributed by atoms with Crippen LogP contribution in [0.5, 0.6) is 0 Å². The molecule has 8 heteroatoms. The van der Waals surface area contributed by atoms with Gasteiger partial charge in [0.05, 0.1) is 12.7 Å². The number of hydrogen-bond acceptors (Lipinski definition) is 7. The fourth-order valence-electron chi connectivity index (χ4n) is 3.94. The maximum absolute atomic E-state index is 13.1. The normalized spacial score (nSPS) is 24.3. The Balaban J connectivity index is 2.25. The molecule has 8 nitrogen and oxygen atoms in total. The fourth-order valence-corrected chi connectivity index (χ4v) is 3.94. The lowest BCUT2D eigenvalue weighted by atomic mass is 9.97. The van der Waals surface area contributed by atoms with Crippen LogP contribution in [0.1, 0.15) is 53.5 Å². The van der Waals surface area contributed by atoms with Crippen LogP contribution in [-0.2, 0) is 35.1 Å². The van der Waals surface area contributed by atoms with Gasteiger partial charge in [-0.25, -0.2) is 4.79 Å². The maximum Gasteiger partial charge on any atom is 0.410 e. The summed E-state index contributed by atoms with van der Waals surface area (Å²) >= 11 is 0. The Hall–Kier alpha value is -2.16. The van der Waals surface area contributed by atoms with E-state index >= 15 is 0 Å². The second-order valence-electron chi connectivity index (χ2n) is 8.59. The van der Waals surface area contributed by atoms with Crippen molar-refractivity contribution in [2.24, 2.45) is 0 Å². The first kappa shape index (κ1) is 26.1. The van der Waals surface area contributed by atoms with Crippen molar-refractivity contribution in [3.05, 3.63) is 35.9 Å². The molecule has 180 valence electrons. The number of nitrogens with zero attached hydrogens (tertiary/aromatic N) is 1. The predicted molar refractivity (Wildman–Crippen MR) is 119 cm³/mol. The number of amides is 1. The number of hydrogen-bond donors (Lipinski definition) is 0. The van der Waals surface area contributed by atoms with E-state index in [0.29, 0.717) is 6.61 Å². The van der Waals surface area contributed by atoms with Crippen LogP contribution in [-0.4, -0.2) is 66.9 Å². The van der Waals surface area contributed by atoms with Crippen molar-refractivity contribution >= 4 is 12.1 Å². The van der Waals surface area contributed by atoms with E-state index in [4.69, 9.17) is 23.7 Å². The molecule has 32 heavy (non-hydrogen) atoms. The smallest absolute Gasteiger partial charge is 0.410 e. The quantitative estimate of drug-likeness (QED) is 0.526. The van der Waals surface area contributed by atoms with Gasteiger partial charge in [-0.05, 0) is 40.2 Å². The van der Waals surface area contributed by atoms with E-state index in [1.807, 2.05) is 65.0 Å². The van der Waals surface area contributed by atoms with E-state index in [9.17, 15) is 9.59 Å². The topological polar surface area (TPSA) is 83.5 Å². The minimum absolute atomic E-state index is 0.0592. The summed E-state index contributed by atoms with van der Waals surface area (Å²) in [5.41, 5.74) is 1.01. The lowest BCUT2D eigenvalue weighted by Gasteiger charge is -2.43. The van der Waals surface area contributed by atoms with Crippen molar-refractivity contribution in [3.8, 4) is 0 Å². The molecular weight excluding hydrogens is 414 g/mol. The minimum atomic E-state index is -0.844. The van der Waals surface area contributed by atoms with Gasteiger partial charge in [0.2, 0.25) is 0 Å². The summed E-state index contributed by atoms with van der Waals surface area (Å²) in [6.45, 7) is 11.2. The molecule has 1 saturated heterocycles. The highest BCUT2D eigenvalue weighted by molar-refractivity contribution is 5.69. The highest BCUT2D eigenvalue weighted by Gasteiger charge is 2.47. The SMILES string of the molecule is CO[C@@H]1C[C@H](OC(C)=O)[C@H](OC(=O)N(C(C)C)C(C)C)[C@@H]([C@H](C)OCc2ccccc2)O1. The number of methoxy groups -OCH3 is 1. The molecule has 0 radical (unpaired) electrons. The summed E-state index contributed by atoms with van der Waals surface area (Å²) in [7, 11) is 1.52. The van der Waals surface area contributed by atoms with E-state index < -0.39 is 42.8 Å². The van der Waals surface area contributed by atoms with Gasteiger partial charge in [-0.3, -0.25) is 4.79 Å². The Morgan fingerprint density at radius 2 is 1.69 bits per heavy atom. The van der Waals surface area contributed by atoms with Crippen molar-refractivity contribution in [3.63, 3.8) is 0 Å². The molecule has 0 spiro atoms. The van der Waals surface area contributed by atoms with Crippen LogP contribution in [0.25, 0.3) is 0 Å². The van der Waals surface area contributed by atoms with Gasteiger partial charge in [0.1, 0.15) is 12.2 Å². The molecule has 1 heterocycles. The molecule has 0 aliphatic carbocycles. The van der Waals surface area contributed by atoms with Crippen LogP contribution in [0.4, 0.5) is 4.79 Å².